The fourth-order valence-corrected chi connectivity index (χ4v) is 3.29. The number of nitrogens with two attached hydrogens (primary N) is 1. The van der Waals surface area contributed by atoms with Crippen molar-refractivity contribution in [3.63, 3.8) is 0 Å². The van der Waals surface area contributed by atoms with E-state index in [2.05, 4.69) is 10.4 Å². The van der Waals surface area contributed by atoms with Crippen LogP contribution in [0.5, 0.6) is 0 Å². The number of halogens is 4. The van der Waals surface area contributed by atoms with Crippen LogP contribution >= 0.6 is 0 Å². The van der Waals surface area contributed by atoms with Crippen LogP contribution in [0.1, 0.15) is 35.6 Å². The molecule has 0 unspecified atom stereocenters. The highest BCUT2D eigenvalue weighted by atomic mass is 19.4. The molecule has 0 bridgehead atoms. The van der Waals surface area contributed by atoms with Crippen molar-refractivity contribution in [2.75, 3.05) is 0 Å². The first-order chi connectivity index (χ1) is 14.6. The number of rotatable bonds is 5. The van der Waals surface area contributed by atoms with Crippen LogP contribution in [0.4, 0.5) is 17.6 Å². The zero-order valence-electron chi connectivity index (χ0n) is 16.9. The van der Waals surface area contributed by atoms with Crippen LogP contribution < -0.4 is 11.6 Å². The van der Waals surface area contributed by atoms with E-state index < -0.39 is 23.2 Å². The van der Waals surface area contributed by atoms with E-state index in [0.29, 0.717) is 17.2 Å². The van der Waals surface area contributed by atoms with Gasteiger partial charge in [0, 0.05) is 18.2 Å². The first-order valence-electron chi connectivity index (χ1n) is 9.15. The molecule has 0 atom stereocenters. The molecule has 3 aromatic rings. The van der Waals surface area contributed by atoms with E-state index in [1.165, 1.54) is 7.05 Å². The Balaban J connectivity index is 2.34. The third-order valence-corrected chi connectivity index (χ3v) is 4.75. The molecule has 7 nitrogen and oxygen atoms in total. The summed E-state index contributed by atoms with van der Waals surface area (Å²) in [5, 5.41) is 7.49. The van der Waals surface area contributed by atoms with Crippen LogP contribution in [0.2, 0.25) is 0 Å². The number of tetrazole rings is 1. The molecule has 1 heterocycles. The lowest BCUT2D eigenvalue weighted by molar-refractivity contribution is -0.137. The highest BCUT2D eigenvalue weighted by Gasteiger charge is 2.32. The van der Waals surface area contributed by atoms with Crippen molar-refractivity contribution in [2.24, 2.45) is 12.9 Å². The Kier molecular flexibility index (Phi) is 5.98. The van der Waals surface area contributed by atoms with Gasteiger partial charge in [-0.1, -0.05) is 19.1 Å². The molecular formula is C20H19F4N5O2. The van der Waals surface area contributed by atoms with Crippen LogP contribution in [0, 0.1) is 12.7 Å². The van der Waals surface area contributed by atoms with Gasteiger partial charge in [0.2, 0.25) is 0 Å². The molecule has 2 aromatic carbocycles. The van der Waals surface area contributed by atoms with Crippen LogP contribution in [0.3, 0.4) is 0 Å². The minimum atomic E-state index is -4.74. The summed E-state index contributed by atoms with van der Waals surface area (Å²) in [6.45, 7) is 3.37. The van der Waals surface area contributed by atoms with Gasteiger partial charge < -0.3 is 4.84 Å². The number of aromatic nitrogens is 4. The van der Waals surface area contributed by atoms with E-state index >= 15 is 0 Å². The largest absolute Gasteiger partial charge is 0.416 e. The summed E-state index contributed by atoms with van der Waals surface area (Å²) < 4.78 is 55.7. The summed E-state index contributed by atoms with van der Waals surface area (Å²) >= 11 is 0. The fourth-order valence-electron chi connectivity index (χ4n) is 3.29. The predicted octanol–water partition coefficient (Wildman–Crippen LogP) is 3.60. The van der Waals surface area contributed by atoms with E-state index in [-0.39, 0.29) is 29.0 Å². The number of nitrogens with zero attached hydrogens (tertiary/aromatic N) is 4. The molecule has 0 saturated heterocycles. The molecule has 0 saturated carbocycles. The number of hydrogen-bond donors (Lipinski definition) is 1. The highest BCUT2D eigenvalue weighted by Crippen LogP contribution is 2.37. The zero-order valence-corrected chi connectivity index (χ0v) is 16.9. The van der Waals surface area contributed by atoms with Crippen LogP contribution in [-0.2, 0) is 18.1 Å². The Morgan fingerprint density at radius 2 is 1.90 bits per heavy atom. The number of alkyl halides is 3. The van der Waals surface area contributed by atoms with Crippen LogP contribution in [0.25, 0.3) is 17.0 Å². The molecule has 31 heavy (non-hydrogen) atoms. The normalized spacial score (nSPS) is 12.6. The van der Waals surface area contributed by atoms with Gasteiger partial charge in [0.25, 0.3) is 0 Å². The number of allylic oxidation sites excluding steroid dienone is 1. The van der Waals surface area contributed by atoms with E-state index in [1.807, 2.05) is 0 Å². The molecule has 0 aliphatic rings. The van der Waals surface area contributed by atoms with Crippen LogP contribution in [0.15, 0.2) is 41.2 Å². The Labute approximate surface area is 174 Å². The second-order valence-corrected chi connectivity index (χ2v) is 6.77. The maximum Gasteiger partial charge on any atom is 0.416 e. The van der Waals surface area contributed by atoms with Crippen molar-refractivity contribution < 1.29 is 22.4 Å². The van der Waals surface area contributed by atoms with E-state index in [0.717, 1.165) is 21.5 Å². The van der Waals surface area contributed by atoms with Crippen molar-refractivity contribution in [3.8, 4) is 5.69 Å². The monoisotopic (exact) mass is 437 g/mol. The minimum Gasteiger partial charge on any atom is -0.410 e. The van der Waals surface area contributed by atoms with Crippen molar-refractivity contribution in [1.82, 2.24) is 19.8 Å². The first-order valence-corrected chi connectivity index (χ1v) is 9.15. The number of aryl methyl sites for hydroxylation is 2. The smallest absolute Gasteiger partial charge is 0.410 e. The predicted molar refractivity (Wildman–Crippen MR) is 105 cm³/mol. The Bertz CT molecular complexity index is 1210. The summed E-state index contributed by atoms with van der Waals surface area (Å²) in [5.74, 6) is 4.48. The lowest BCUT2D eigenvalue weighted by Gasteiger charge is -2.18. The highest BCUT2D eigenvalue weighted by molar-refractivity contribution is 5.90. The van der Waals surface area contributed by atoms with Gasteiger partial charge in [-0.2, -0.15) is 28.4 Å². The van der Waals surface area contributed by atoms with Gasteiger partial charge in [0.05, 0.1) is 11.3 Å². The summed E-state index contributed by atoms with van der Waals surface area (Å²) in [4.78, 5) is 17.5. The molecule has 2 N–H and O–H groups in total. The molecule has 1 aromatic heterocycles. The molecule has 164 valence electrons. The van der Waals surface area contributed by atoms with Crippen molar-refractivity contribution in [3.05, 3.63) is 75.0 Å². The molecule has 0 fully saturated rings. The Morgan fingerprint density at radius 1 is 1.19 bits per heavy atom. The van der Waals surface area contributed by atoms with Crippen molar-refractivity contribution >= 4 is 11.3 Å². The standard InChI is InChI=1S/C20H19F4N5O2/c1-4-15(12-8-13(20(22,23)24)10-14(21)9-12)18(31-25)17-11(2)6-5-7-16(17)29-19(30)28(3)26-27-29/h5-10H,4,25H2,1-3H3/b18-15+. The average molecular weight is 437 g/mol. The maximum absolute atomic E-state index is 14.0. The van der Waals surface area contributed by atoms with Gasteiger partial charge in [0.15, 0.2) is 5.76 Å². The molecule has 0 aliphatic carbocycles. The fraction of sp³-hybridized carbons (Fsp3) is 0.250. The molecule has 0 amide bonds. The first kappa shape index (κ1) is 22.2. The molecular weight excluding hydrogens is 418 g/mol. The minimum absolute atomic E-state index is 0.00752. The lowest BCUT2D eigenvalue weighted by atomic mass is 9.94. The summed E-state index contributed by atoms with van der Waals surface area (Å²) in [7, 11) is 1.42. The van der Waals surface area contributed by atoms with E-state index in [1.54, 1.807) is 32.0 Å². The zero-order chi connectivity index (χ0) is 22.9. The van der Waals surface area contributed by atoms with Crippen molar-refractivity contribution in [1.29, 1.82) is 0 Å². The van der Waals surface area contributed by atoms with E-state index in [4.69, 9.17) is 10.7 Å². The molecule has 0 radical (unpaired) electrons. The molecule has 11 heteroatoms. The summed E-state index contributed by atoms with van der Waals surface area (Å²) in [6, 6.07) is 7.15. The van der Waals surface area contributed by atoms with Gasteiger partial charge in [-0.05, 0) is 59.2 Å². The van der Waals surface area contributed by atoms with Gasteiger partial charge in [-0.25, -0.2) is 9.18 Å². The topological polar surface area (TPSA) is 88.0 Å². The van der Waals surface area contributed by atoms with Gasteiger partial charge in [-0.3, -0.25) is 0 Å². The summed E-state index contributed by atoms with van der Waals surface area (Å²) in [6.07, 6.45) is -4.57. The Hall–Kier alpha value is -3.47. The third kappa shape index (κ3) is 4.22. The Morgan fingerprint density at radius 3 is 2.45 bits per heavy atom. The average Bonchev–Trinajstić information content (AvgIpc) is 3.03. The molecule has 0 spiro atoms. The SMILES string of the molecule is CC/C(=C(\ON)c1c(C)cccc1-n1nnn(C)c1=O)c1cc(F)cc(C(F)(F)F)c1. The van der Waals surface area contributed by atoms with Gasteiger partial charge >= 0.3 is 11.9 Å². The quantitative estimate of drug-likeness (QED) is 0.285. The van der Waals surface area contributed by atoms with Gasteiger partial charge in [-0.15, -0.1) is 0 Å². The lowest BCUT2D eigenvalue weighted by Crippen LogP contribution is -2.23. The van der Waals surface area contributed by atoms with Crippen molar-refractivity contribution in [2.45, 2.75) is 26.4 Å². The number of hydrogen-bond acceptors (Lipinski definition) is 5. The molecule has 3 rings (SSSR count). The van der Waals surface area contributed by atoms with Crippen LogP contribution in [-0.4, -0.2) is 19.8 Å². The van der Waals surface area contributed by atoms with Gasteiger partial charge in [0.1, 0.15) is 5.82 Å². The van der Waals surface area contributed by atoms with E-state index in [9.17, 15) is 22.4 Å². The molecule has 0 aliphatic heterocycles. The second-order valence-electron chi connectivity index (χ2n) is 6.77. The maximum atomic E-state index is 14.0. The summed E-state index contributed by atoms with van der Waals surface area (Å²) in [5.41, 5.74) is -0.324. The second kappa shape index (κ2) is 8.34. The number of benzene rings is 2. The third-order valence-electron chi connectivity index (χ3n) is 4.75.